The van der Waals surface area contributed by atoms with Gasteiger partial charge in [0.1, 0.15) is 28.2 Å². The monoisotopic (exact) mass is 332 g/mol. The van der Waals surface area contributed by atoms with Crippen LogP contribution < -0.4 is 5.43 Å². The molecule has 0 saturated heterocycles. The van der Waals surface area contributed by atoms with E-state index in [0.29, 0.717) is 47.5 Å². The van der Waals surface area contributed by atoms with Gasteiger partial charge in [-0.3, -0.25) is 4.79 Å². The fourth-order valence-corrected chi connectivity index (χ4v) is 3.41. The van der Waals surface area contributed by atoms with E-state index in [9.17, 15) is 15.0 Å². The van der Waals surface area contributed by atoms with Crippen LogP contribution in [0.5, 0.6) is 11.5 Å². The Morgan fingerprint density at radius 3 is 2.21 bits per heavy atom. The molecular weight excluding hydrogens is 308 g/mol. The fraction of sp³-hybridized carbons (Fsp3) is 0.500. The first-order valence-electron chi connectivity index (χ1n) is 8.15. The average molecular weight is 332 g/mol. The molecule has 0 aliphatic heterocycles. The predicted octanol–water partition coefficient (Wildman–Crippen LogP) is 1.82. The van der Waals surface area contributed by atoms with Crippen molar-refractivity contribution in [3.05, 3.63) is 32.7 Å². The summed E-state index contributed by atoms with van der Waals surface area (Å²) in [4.78, 5) is 16.6. The number of aromatic hydroxyl groups is 2. The molecular formula is C18H24N2O4. The summed E-state index contributed by atoms with van der Waals surface area (Å²) in [5.41, 5.74) is 1.73. The van der Waals surface area contributed by atoms with Crippen LogP contribution in [0.1, 0.15) is 28.9 Å². The number of hydrogen-bond donors (Lipinski definition) is 2. The zero-order valence-corrected chi connectivity index (χ0v) is 14.6. The van der Waals surface area contributed by atoms with Crippen molar-refractivity contribution in [1.29, 1.82) is 0 Å². The maximum absolute atomic E-state index is 12.9. The van der Waals surface area contributed by atoms with Gasteiger partial charge in [0.05, 0.1) is 11.1 Å². The highest BCUT2D eigenvalue weighted by Gasteiger charge is 2.27. The third kappa shape index (κ3) is 2.65. The number of nitrogens with zero attached hydrogens (tertiary/aromatic N) is 2. The van der Waals surface area contributed by atoms with Gasteiger partial charge in [0.2, 0.25) is 0 Å². The third-order valence-corrected chi connectivity index (χ3v) is 4.44. The molecule has 0 amide bonds. The van der Waals surface area contributed by atoms with Crippen LogP contribution in [-0.2, 0) is 25.9 Å². The molecule has 3 rings (SSSR count). The van der Waals surface area contributed by atoms with Crippen molar-refractivity contribution in [3.63, 3.8) is 0 Å². The van der Waals surface area contributed by atoms with Crippen molar-refractivity contribution in [2.24, 2.45) is 0 Å². The van der Waals surface area contributed by atoms with Crippen molar-refractivity contribution >= 4 is 11.0 Å². The quantitative estimate of drug-likeness (QED) is 0.889. The Kier molecular flexibility index (Phi) is 4.27. The second kappa shape index (κ2) is 6.11. The lowest BCUT2D eigenvalue weighted by molar-refractivity contribution is 0.356. The van der Waals surface area contributed by atoms with Gasteiger partial charge >= 0.3 is 0 Å². The summed E-state index contributed by atoms with van der Waals surface area (Å²) in [6.45, 7) is 0.759. The Morgan fingerprint density at radius 2 is 1.58 bits per heavy atom. The lowest BCUT2D eigenvalue weighted by Crippen LogP contribution is -2.17. The highest BCUT2D eigenvalue weighted by Crippen LogP contribution is 2.40. The van der Waals surface area contributed by atoms with Crippen molar-refractivity contribution in [3.8, 4) is 11.5 Å². The lowest BCUT2D eigenvalue weighted by atomic mass is 9.99. The Balaban J connectivity index is 2.41. The Morgan fingerprint density at radius 1 is 0.958 bits per heavy atom. The van der Waals surface area contributed by atoms with E-state index in [1.54, 1.807) is 0 Å². The minimum atomic E-state index is -0.165. The molecule has 0 atom stereocenters. The van der Waals surface area contributed by atoms with Crippen LogP contribution in [0.3, 0.4) is 0 Å². The van der Waals surface area contributed by atoms with E-state index < -0.39 is 0 Å². The van der Waals surface area contributed by atoms with E-state index >= 15 is 0 Å². The zero-order chi connectivity index (χ0) is 17.6. The first-order valence-corrected chi connectivity index (χ1v) is 8.15. The van der Waals surface area contributed by atoms with Gasteiger partial charge in [0.15, 0.2) is 5.43 Å². The largest absolute Gasteiger partial charge is 0.507 e. The third-order valence-electron chi connectivity index (χ3n) is 4.44. The van der Waals surface area contributed by atoms with Crippen LogP contribution in [0.15, 0.2) is 9.21 Å². The van der Waals surface area contributed by atoms with Crippen molar-refractivity contribution < 1.29 is 14.6 Å². The molecule has 1 aromatic carbocycles. The number of hydrogen-bond acceptors (Lipinski definition) is 6. The lowest BCUT2D eigenvalue weighted by Gasteiger charge is -2.20. The van der Waals surface area contributed by atoms with Crippen molar-refractivity contribution in [2.45, 2.75) is 32.4 Å². The van der Waals surface area contributed by atoms with Crippen molar-refractivity contribution in [2.75, 3.05) is 28.2 Å². The first-order chi connectivity index (χ1) is 11.3. The molecule has 0 bridgehead atoms. The maximum atomic E-state index is 12.9. The van der Waals surface area contributed by atoms with Crippen LogP contribution in [0.25, 0.3) is 11.0 Å². The molecule has 1 aliphatic rings. The molecule has 0 radical (unpaired) electrons. The molecule has 2 aromatic rings. The van der Waals surface area contributed by atoms with Gasteiger partial charge in [-0.1, -0.05) is 0 Å². The highest BCUT2D eigenvalue weighted by molar-refractivity contribution is 5.90. The van der Waals surface area contributed by atoms with E-state index in [0.717, 1.165) is 12.8 Å². The molecule has 1 aliphatic carbocycles. The zero-order valence-electron chi connectivity index (χ0n) is 14.6. The summed E-state index contributed by atoms with van der Waals surface area (Å²) in [5, 5.41) is 21.6. The Bertz CT molecular complexity index is 853. The summed E-state index contributed by atoms with van der Waals surface area (Å²) < 4.78 is 5.98. The summed E-state index contributed by atoms with van der Waals surface area (Å²) in [5.74, 6) is 0.525. The number of aryl methyl sites for hydroxylation is 1. The van der Waals surface area contributed by atoms with Gasteiger partial charge in [-0.05, 0) is 41.0 Å². The molecule has 24 heavy (non-hydrogen) atoms. The highest BCUT2D eigenvalue weighted by atomic mass is 16.3. The molecule has 0 unspecified atom stereocenters. The predicted molar refractivity (Wildman–Crippen MR) is 92.6 cm³/mol. The van der Waals surface area contributed by atoms with Gasteiger partial charge in [-0.2, -0.15) is 0 Å². The molecule has 0 saturated carbocycles. The van der Waals surface area contributed by atoms with Gasteiger partial charge in [-0.15, -0.1) is 0 Å². The van der Waals surface area contributed by atoms with Gasteiger partial charge in [0, 0.05) is 25.1 Å². The van der Waals surface area contributed by atoms with E-state index in [1.807, 2.05) is 38.0 Å². The minimum absolute atomic E-state index is 0.00324. The molecule has 0 fully saturated rings. The van der Waals surface area contributed by atoms with E-state index in [2.05, 4.69) is 0 Å². The van der Waals surface area contributed by atoms with Crippen LogP contribution in [0.2, 0.25) is 0 Å². The molecule has 6 nitrogen and oxygen atoms in total. The normalized spacial score (nSPS) is 14.1. The molecule has 2 N–H and O–H groups in total. The summed E-state index contributed by atoms with van der Waals surface area (Å²) in [6.07, 6.45) is 2.29. The van der Waals surface area contributed by atoms with E-state index in [4.69, 9.17) is 4.42 Å². The van der Waals surface area contributed by atoms with Gasteiger partial charge in [0.25, 0.3) is 0 Å². The summed E-state index contributed by atoms with van der Waals surface area (Å²) in [6, 6.07) is 0. The smallest absolute Gasteiger partial charge is 0.199 e. The molecule has 1 heterocycles. The van der Waals surface area contributed by atoms with E-state index in [1.165, 1.54) is 0 Å². The molecule has 1 aromatic heterocycles. The molecule has 130 valence electrons. The second-order valence-corrected chi connectivity index (χ2v) is 7.02. The molecule has 6 heteroatoms. The SMILES string of the molecule is CN(C)Cc1c(O)c(CN(C)C)c2oc3c(c(=O)c2c1O)CCC3. The second-order valence-electron chi connectivity index (χ2n) is 7.02. The number of rotatable bonds is 4. The number of fused-ring (bicyclic) bond motifs is 2. The first kappa shape index (κ1) is 16.8. The van der Waals surface area contributed by atoms with Crippen LogP contribution in [0.4, 0.5) is 0 Å². The number of phenolic OH excluding ortho intramolecular Hbond substituents is 2. The molecule has 0 spiro atoms. The van der Waals surface area contributed by atoms with Crippen LogP contribution in [-0.4, -0.2) is 48.2 Å². The Hall–Kier alpha value is -2.05. The summed E-state index contributed by atoms with van der Waals surface area (Å²) in [7, 11) is 7.46. The van der Waals surface area contributed by atoms with Gasteiger partial charge in [-0.25, -0.2) is 0 Å². The van der Waals surface area contributed by atoms with Gasteiger partial charge < -0.3 is 24.4 Å². The van der Waals surface area contributed by atoms with Crippen molar-refractivity contribution in [1.82, 2.24) is 9.80 Å². The fourth-order valence-electron chi connectivity index (χ4n) is 3.41. The van der Waals surface area contributed by atoms with Crippen LogP contribution >= 0.6 is 0 Å². The maximum Gasteiger partial charge on any atom is 0.199 e. The van der Waals surface area contributed by atoms with Crippen LogP contribution in [0, 0.1) is 0 Å². The topological polar surface area (TPSA) is 77.2 Å². The average Bonchev–Trinajstić information content (AvgIpc) is 2.96. The number of phenols is 2. The summed E-state index contributed by atoms with van der Waals surface area (Å²) >= 11 is 0. The Labute approximate surface area is 140 Å². The van der Waals surface area contributed by atoms with E-state index in [-0.39, 0.29) is 22.3 Å². The number of benzene rings is 1. The standard InChI is InChI=1S/C18H24N2O4/c1-19(2)8-11-15(21)12(9-20(3)4)18-14(17(11)23)16(22)10-6-5-7-13(10)24-18/h21,23H,5-9H2,1-4H3. The minimum Gasteiger partial charge on any atom is -0.507 e.